The summed E-state index contributed by atoms with van der Waals surface area (Å²) in [5, 5.41) is 22.3. The van der Waals surface area contributed by atoms with Crippen molar-refractivity contribution in [3.63, 3.8) is 0 Å². The number of rotatable bonds is 18. The fraction of sp³-hybridized carbons (Fsp3) is 0.486. The molecular formula is C35H50N6O9. The van der Waals surface area contributed by atoms with E-state index >= 15 is 0 Å². The van der Waals surface area contributed by atoms with Gasteiger partial charge in [0.15, 0.2) is 0 Å². The fourth-order valence-corrected chi connectivity index (χ4v) is 4.59. The number of nitrogens with one attached hydrogen (secondary N) is 5. The molecule has 0 saturated carbocycles. The van der Waals surface area contributed by atoms with Gasteiger partial charge in [0, 0.05) is 18.7 Å². The molecule has 0 unspecified atom stereocenters. The van der Waals surface area contributed by atoms with E-state index in [-0.39, 0.29) is 45.4 Å². The second-order valence-electron chi connectivity index (χ2n) is 13.0. The number of esters is 1. The van der Waals surface area contributed by atoms with Gasteiger partial charge < -0.3 is 46.9 Å². The van der Waals surface area contributed by atoms with Crippen molar-refractivity contribution in [2.24, 2.45) is 11.7 Å². The van der Waals surface area contributed by atoms with Crippen molar-refractivity contribution in [3.8, 4) is 0 Å². The van der Waals surface area contributed by atoms with Crippen molar-refractivity contribution in [3.05, 3.63) is 65.7 Å². The molecular weight excluding hydrogens is 648 g/mol. The Morgan fingerprint density at radius 2 is 1.44 bits per heavy atom. The molecule has 3 atom stereocenters. The summed E-state index contributed by atoms with van der Waals surface area (Å²) in [4.78, 5) is 76.9. The van der Waals surface area contributed by atoms with Crippen LogP contribution in [0.4, 0.5) is 15.3 Å². The molecule has 0 spiro atoms. The molecule has 0 aromatic heterocycles. The monoisotopic (exact) mass is 698 g/mol. The topological polar surface area (TPSA) is 227 Å². The number of amides is 6. The van der Waals surface area contributed by atoms with Crippen molar-refractivity contribution >= 4 is 41.5 Å². The lowest BCUT2D eigenvalue weighted by molar-refractivity contribution is -0.155. The zero-order valence-corrected chi connectivity index (χ0v) is 29.2. The molecule has 8 N–H and O–H groups in total. The standard InChI is InChI=1S/C35H50N6O9/c1-22(2)29(32(46)39-26(12-9-19-37-33(36)47)30(44)38-25-15-13-23(20-42)14-16-25)41-31(45)27(17-18-28(43)50-35(3,4)5)40-34(48)49-21-24-10-7-6-8-11-24/h6-8,10-11,13-16,22,26-27,29,42H,9,12,17-21H2,1-5H3,(H,38,44)(H,39,46)(H,40,48)(H,41,45)(H3,36,37,47)/t26-,27-,29-/m0/s1. The molecule has 0 aliphatic rings. The number of urea groups is 1. The Morgan fingerprint density at radius 3 is 2.02 bits per heavy atom. The third-order valence-electron chi connectivity index (χ3n) is 7.13. The predicted molar refractivity (Wildman–Crippen MR) is 185 cm³/mol. The molecule has 0 aliphatic heterocycles. The van der Waals surface area contributed by atoms with Crippen molar-refractivity contribution in [1.82, 2.24) is 21.3 Å². The van der Waals surface area contributed by atoms with E-state index in [0.717, 1.165) is 5.56 Å². The molecule has 2 aromatic rings. The van der Waals surface area contributed by atoms with Gasteiger partial charge in [-0.1, -0.05) is 56.3 Å². The molecule has 0 saturated heterocycles. The molecule has 15 heteroatoms. The van der Waals surface area contributed by atoms with Gasteiger partial charge in [0.25, 0.3) is 0 Å². The molecule has 0 bridgehead atoms. The van der Waals surface area contributed by atoms with Gasteiger partial charge in [0.05, 0.1) is 6.61 Å². The molecule has 2 rings (SSSR count). The van der Waals surface area contributed by atoms with E-state index in [1.807, 2.05) is 6.07 Å². The maximum atomic E-state index is 13.6. The lowest BCUT2D eigenvalue weighted by Gasteiger charge is -2.27. The highest BCUT2D eigenvalue weighted by Gasteiger charge is 2.32. The predicted octanol–water partition coefficient (Wildman–Crippen LogP) is 2.61. The number of aliphatic hydroxyl groups is 1. The average molecular weight is 699 g/mol. The number of carbonyl (C=O) groups excluding carboxylic acids is 6. The van der Waals surface area contributed by atoms with Crippen molar-refractivity contribution < 1.29 is 43.3 Å². The van der Waals surface area contributed by atoms with Gasteiger partial charge in [-0.25, -0.2) is 9.59 Å². The number of alkyl carbamates (subject to hydrolysis) is 1. The normalized spacial score (nSPS) is 12.9. The van der Waals surface area contributed by atoms with E-state index in [0.29, 0.717) is 11.3 Å². The van der Waals surface area contributed by atoms with Crippen LogP contribution in [0.3, 0.4) is 0 Å². The van der Waals surface area contributed by atoms with Gasteiger partial charge in [-0.15, -0.1) is 0 Å². The third kappa shape index (κ3) is 15.8. The highest BCUT2D eigenvalue weighted by Crippen LogP contribution is 2.14. The number of benzene rings is 2. The zero-order chi connectivity index (χ0) is 37.3. The highest BCUT2D eigenvalue weighted by molar-refractivity contribution is 5.99. The Labute approximate surface area is 292 Å². The maximum absolute atomic E-state index is 13.6. The Morgan fingerprint density at radius 1 is 0.800 bits per heavy atom. The summed E-state index contributed by atoms with van der Waals surface area (Å²) in [6, 6.07) is 11.1. The van der Waals surface area contributed by atoms with Crippen molar-refractivity contribution in [1.29, 1.82) is 0 Å². The Hall–Kier alpha value is -5.18. The highest BCUT2D eigenvalue weighted by atomic mass is 16.6. The Bertz CT molecular complexity index is 1430. The quantitative estimate of drug-likeness (QED) is 0.0896. The molecule has 15 nitrogen and oxygen atoms in total. The average Bonchev–Trinajstić information content (AvgIpc) is 3.05. The first-order valence-corrected chi connectivity index (χ1v) is 16.4. The van der Waals surface area contributed by atoms with Crippen LogP contribution in [0.25, 0.3) is 0 Å². The SMILES string of the molecule is CC(C)[C@H](NC(=O)[C@H](CCC(=O)OC(C)(C)C)NC(=O)OCc1ccccc1)C(=O)N[C@@H](CCCNC(N)=O)C(=O)Nc1ccc(CO)cc1. The van der Waals surface area contributed by atoms with Crippen LogP contribution in [0.1, 0.15) is 71.4 Å². The molecule has 6 amide bonds. The summed E-state index contributed by atoms with van der Waals surface area (Å²) >= 11 is 0. The van der Waals surface area contributed by atoms with E-state index in [4.69, 9.17) is 15.2 Å². The van der Waals surface area contributed by atoms with Gasteiger partial charge in [0.2, 0.25) is 17.7 Å². The second-order valence-corrected chi connectivity index (χ2v) is 13.0. The Kier molecular flexibility index (Phi) is 16.7. The molecule has 50 heavy (non-hydrogen) atoms. The van der Waals surface area contributed by atoms with E-state index in [2.05, 4.69) is 26.6 Å². The minimum Gasteiger partial charge on any atom is -0.460 e. The molecule has 0 fully saturated rings. The summed E-state index contributed by atoms with van der Waals surface area (Å²) in [6.07, 6.45) is -0.880. The van der Waals surface area contributed by atoms with Crippen molar-refractivity contribution in [2.45, 2.75) is 97.2 Å². The number of hydrogen-bond acceptors (Lipinski definition) is 9. The Balaban J connectivity index is 2.20. The van der Waals surface area contributed by atoms with Crippen LogP contribution >= 0.6 is 0 Å². The number of anilines is 1. The number of primary amides is 1. The van der Waals surface area contributed by atoms with Crippen LogP contribution in [-0.2, 0) is 41.9 Å². The van der Waals surface area contributed by atoms with Crippen LogP contribution in [0.2, 0.25) is 0 Å². The molecule has 0 radical (unpaired) electrons. The lowest BCUT2D eigenvalue weighted by Crippen LogP contribution is -2.58. The first kappa shape index (κ1) is 41.0. The smallest absolute Gasteiger partial charge is 0.408 e. The van der Waals surface area contributed by atoms with Crippen LogP contribution in [-0.4, -0.2) is 71.2 Å². The largest absolute Gasteiger partial charge is 0.460 e. The third-order valence-corrected chi connectivity index (χ3v) is 7.13. The number of hydrogen-bond donors (Lipinski definition) is 7. The molecule has 2 aromatic carbocycles. The lowest BCUT2D eigenvalue weighted by atomic mass is 10.0. The summed E-state index contributed by atoms with van der Waals surface area (Å²) in [6.45, 7) is 8.41. The summed E-state index contributed by atoms with van der Waals surface area (Å²) < 4.78 is 10.6. The van der Waals surface area contributed by atoms with Gasteiger partial charge in [0.1, 0.15) is 30.3 Å². The minimum atomic E-state index is -1.28. The van der Waals surface area contributed by atoms with Crippen LogP contribution in [0.15, 0.2) is 54.6 Å². The second kappa shape index (κ2) is 20.4. The van der Waals surface area contributed by atoms with Gasteiger partial charge in [-0.05, 0) is 69.2 Å². The van der Waals surface area contributed by atoms with E-state index in [1.165, 1.54) is 0 Å². The molecule has 0 aliphatic carbocycles. The first-order valence-electron chi connectivity index (χ1n) is 16.4. The fourth-order valence-electron chi connectivity index (χ4n) is 4.59. The number of nitrogens with two attached hydrogens (primary N) is 1. The van der Waals surface area contributed by atoms with Crippen LogP contribution < -0.4 is 32.3 Å². The number of ether oxygens (including phenoxy) is 2. The maximum Gasteiger partial charge on any atom is 0.408 e. The first-order chi connectivity index (χ1) is 23.6. The van der Waals surface area contributed by atoms with Crippen LogP contribution in [0, 0.1) is 5.92 Å². The molecule has 0 heterocycles. The van der Waals surface area contributed by atoms with Gasteiger partial charge >= 0.3 is 18.1 Å². The van der Waals surface area contributed by atoms with E-state index in [9.17, 15) is 33.9 Å². The van der Waals surface area contributed by atoms with Crippen molar-refractivity contribution in [2.75, 3.05) is 11.9 Å². The van der Waals surface area contributed by atoms with E-state index < -0.39 is 65.5 Å². The van der Waals surface area contributed by atoms with E-state index in [1.54, 1.807) is 83.1 Å². The van der Waals surface area contributed by atoms with Gasteiger partial charge in [-0.2, -0.15) is 0 Å². The summed E-state index contributed by atoms with van der Waals surface area (Å²) in [5.74, 6) is -3.04. The van der Waals surface area contributed by atoms with Gasteiger partial charge in [-0.3, -0.25) is 19.2 Å². The summed E-state index contributed by atoms with van der Waals surface area (Å²) in [5.41, 5.74) is 6.17. The molecule has 274 valence electrons. The van der Waals surface area contributed by atoms with Crippen LogP contribution in [0.5, 0.6) is 0 Å². The number of carbonyl (C=O) groups is 6. The summed E-state index contributed by atoms with van der Waals surface area (Å²) in [7, 11) is 0. The number of aliphatic hydroxyl groups excluding tert-OH is 1. The minimum absolute atomic E-state index is 0.0614. The zero-order valence-electron chi connectivity index (χ0n) is 29.2.